The van der Waals surface area contributed by atoms with E-state index in [-0.39, 0.29) is 30.3 Å². The Morgan fingerprint density at radius 2 is 2.04 bits per heavy atom. The molecule has 0 bridgehead atoms. The van der Waals surface area contributed by atoms with Crippen LogP contribution in [0.1, 0.15) is 6.42 Å². The number of halogens is 1. The van der Waals surface area contributed by atoms with Gasteiger partial charge in [0.25, 0.3) is 0 Å². The number of carbonyl (C=O) groups is 2. The molecule has 0 spiro atoms. The molecule has 3 heterocycles. The average Bonchev–Trinajstić information content (AvgIpc) is 3.31. The molecule has 2 aliphatic rings. The van der Waals surface area contributed by atoms with Crippen LogP contribution in [0.15, 0.2) is 42.6 Å². The summed E-state index contributed by atoms with van der Waals surface area (Å²) in [7, 11) is 0. The Bertz CT molecular complexity index is 866. The lowest BCUT2D eigenvalue weighted by atomic mass is 10.3. The third-order valence-corrected chi connectivity index (χ3v) is 4.90. The van der Waals surface area contributed by atoms with Gasteiger partial charge in [0.05, 0.1) is 12.2 Å². The summed E-state index contributed by atoms with van der Waals surface area (Å²) in [5, 5.41) is 7.65. The molecule has 1 aromatic carbocycles. The number of likely N-dealkylation sites (tertiary alicyclic amines) is 1. The maximum absolute atomic E-state index is 14.0. The molecule has 0 radical (unpaired) electrons. The first-order valence-corrected chi connectivity index (χ1v) is 9.15. The summed E-state index contributed by atoms with van der Waals surface area (Å²) in [6.45, 7) is 1.71. The normalized spacial score (nSPS) is 19.4. The highest BCUT2D eigenvalue weighted by molar-refractivity contribution is 5.96. The highest BCUT2D eigenvalue weighted by Crippen LogP contribution is 2.23. The van der Waals surface area contributed by atoms with Crippen LogP contribution in [0.5, 0.6) is 5.88 Å². The van der Waals surface area contributed by atoms with Crippen molar-refractivity contribution >= 4 is 17.6 Å². The summed E-state index contributed by atoms with van der Waals surface area (Å²) in [6, 6.07) is 9.24. The minimum absolute atomic E-state index is 0.0261. The lowest BCUT2D eigenvalue weighted by Gasteiger charge is -2.22. The summed E-state index contributed by atoms with van der Waals surface area (Å²) in [5.74, 6) is -0.168. The summed E-state index contributed by atoms with van der Waals surface area (Å²) in [6.07, 6.45) is 2.11. The number of amides is 3. The Labute approximate surface area is 161 Å². The fourth-order valence-corrected chi connectivity index (χ4v) is 3.46. The van der Waals surface area contributed by atoms with E-state index in [0.29, 0.717) is 38.5 Å². The van der Waals surface area contributed by atoms with Gasteiger partial charge in [-0.3, -0.25) is 9.69 Å². The van der Waals surface area contributed by atoms with Gasteiger partial charge in [-0.05, 0) is 18.2 Å². The van der Waals surface area contributed by atoms with Gasteiger partial charge in [-0.15, -0.1) is 5.10 Å². The van der Waals surface area contributed by atoms with Crippen LogP contribution in [0, 0.1) is 5.82 Å². The molecule has 0 aliphatic carbocycles. The molecule has 2 aliphatic heterocycles. The molecule has 3 amide bonds. The number of aromatic nitrogens is 2. The van der Waals surface area contributed by atoms with Crippen LogP contribution < -0.4 is 9.64 Å². The van der Waals surface area contributed by atoms with Gasteiger partial charge in [-0.1, -0.05) is 12.1 Å². The lowest BCUT2D eigenvalue weighted by Crippen LogP contribution is -2.42. The molecule has 1 aromatic heterocycles. The van der Waals surface area contributed by atoms with Crippen LogP contribution in [-0.2, 0) is 4.79 Å². The summed E-state index contributed by atoms with van der Waals surface area (Å²) < 4.78 is 19.7. The number of anilines is 1. The topological polar surface area (TPSA) is 78.9 Å². The van der Waals surface area contributed by atoms with E-state index in [2.05, 4.69) is 10.2 Å². The first kappa shape index (κ1) is 18.1. The van der Waals surface area contributed by atoms with Crippen LogP contribution in [-0.4, -0.2) is 70.8 Å². The molecule has 9 heteroatoms. The smallest absolute Gasteiger partial charge is 0.325 e. The number of benzene rings is 1. The SMILES string of the molecule is O=C(CN1CCN(c2ccccc2F)C1=O)N1CC[C@@H](Oc2cccnn2)C1. The lowest BCUT2D eigenvalue weighted by molar-refractivity contribution is -0.130. The highest BCUT2D eigenvalue weighted by atomic mass is 19.1. The third-order valence-electron chi connectivity index (χ3n) is 4.90. The number of carbonyl (C=O) groups excluding carboxylic acids is 2. The second-order valence-corrected chi connectivity index (χ2v) is 6.74. The standard InChI is InChI=1S/C19H20FN5O3/c20-15-4-1-2-5-16(15)25-11-10-24(19(25)27)13-18(26)23-9-7-14(12-23)28-17-6-3-8-21-22-17/h1-6,8,14H,7,9-13H2/t14-/m1/s1. The molecule has 4 rings (SSSR count). The van der Waals surface area contributed by atoms with E-state index in [1.807, 2.05) is 0 Å². The van der Waals surface area contributed by atoms with Crippen molar-refractivity contribution in [1.29, 1.82) is 0 Å². The Balaban J connectivity index is 1.32. The molecule has 0 saturated carbocycles. The van der Waals surface area contributed by atoms with Crippen molar-refractivity contribution in [2.45, 2.75) is 12.5 Å². The highest BCUT2D eigenvalue weighted by Gasteiger charge is 2.35. The van der Waals surface area contributed by atoms with Crippen molar-refractivity contribution in [3.63, 3.8) is 0 Å². The van der Waals surface area contributed by atoms with Crippen LogP contribution in [0.25, 0.3) is 0 Å². The summed E-state index contributed by atoms with van der Waals surface area (Å²) in [4.78, 5) is 29.7. The van der Waals surface area contributed by atoms with Crippen molar-refractivity contribution < 1.29 is 18.7 Å². The number of para-hydroxylation sites is 1. The van der Waals surface area contributed by atoms with E-state index in [1.54, 1.807) is 41.4 Å². The maximum atomic E-state index is 14.0. The van der Waals surface area contributed by atoms with Crippen molar-refractivity contribution in [3.05, 3.63) is 48.4 Å². The molecule has 2 fully saturated rings. The van der Waals surface area contributed by atoms with Crippen LogP contribution in [0.2, 0.25) is 0 Å². The fourth-order valence-electron chi connectivity index (χ4n) is 3.46. The number of nitrogens with zero attached hydrogens (tertiary/aromatic N) is 5. The molecule has 2 aromatic rings. The minimum Gasteiger partial charge on any atom is -0.471 e. The van der Waals surface area contributed by atoms with Gasteiger partial charge in [0, 0.05) is 38.3 Å². The Hall–Kier alpha value is -3.23. The van der Waals surface area contributed by atoms with Gasteiger partial charge in [0.1, 0.15) is 18.5 Å². The van der Waals surface area contributed by atoms with Gasteiger partial charge in [-0.2, -0.15) is 5.10 Å². The molecule has 2 saturated heterocycles. The second kappa shape index (κ2) is 7.79. The Morgan fingerprint density at radius 1 is 1.18 bits per heavy atom. The first-order valence-electron chi connectivity index (χ1n) is 9.15. The van der Waals surface area contributed by atoms with E-state index in [1.165, 1.54) is 15.9 Å². The quantitative estimate of drug-likeness (QED) is 0.780. The molecule has 1 atom stereocenters. The number of ether oxygens (including phenoxy) is 1. The molecule has 146 valence electrons. The van der Waals surface area contributed by atoms with Crippen LogP contribution >= 0.6 is 0 Å². The Morgan fingerprint density at radius 3 is 2.82 bits per heavy atom. The predicted octanol–water partition coefficient (Wildman–Crippen LogP) is 1.54. The van der Waals surface area contributed by atoms with Crippen LogP contribution in [0.3, 0.4) is 0 Å². The van der Waals surface area contributed by atoms with Gasteiger partial charge < -0.3 is 14.5 Å². The Kier molecular flexibility index (Phi) is 5.05. The van der Waals surface area contributed by atoms with Gasteiger partial charge in [0.2, 0.25) is 11.8 Å². The summed E-state index contributed by atoms with van der Waals surface area (Å²) in [5.41, 5.74) is 0.237. The average molecular weight is 385 g/mol. The maximum Gasteiger partial charge on any atom is 0.325 e. The molecular weight excluding hydrogens is 365 g/mol. The number of hydrogen-bond acceptors (Lipinski definition) is 5. The zero-order valence-electron chi connectivity index (χ0n) is 15.2. The number of rotatable bonds is 5. The minimum atomic E-state index is -0.451. The largest absolute Gasteiger partial charge is 0.471 e. The zero-order chi connectivity index (χ0) is 19.5. The van der Waals surface area contributed by atoms with Gasteiger partial charge in [0.15, 0.2) is 0 Å². The van der Waals surface area contributed by atoms with E-state index in [0.717, 1.165) is 0 Å². The summed E-state index contributed by atoms with van der Waals surface area (Å²) >= 11 is 0. The van der Waals surface area contributed by atoms with E-state index >= 15 is 0 Å². The predicted molar refractivity (Wildman–Crippen MR) is 98.4 cm³/mol. The third kappa shape index (κ3) is 3.73. The monoisotopic (exact) mass is 385 g/mol. The van der Waals surface area contributed by atoms with E-state index in [9.17, 15) is 14.0 Å². The van der Waals surface area contributed by atoms with Crippen molar-refractivity contribution in [2.24, 2.45) is 0 Å². The molecular formula is C19H20FN5O3. The van der Waals surface area contributed by atoms with E-state index in [4.69, 9.17) is 4.74 Å². The zero-order valence-corrected chi connectivity index (χ0v) is 15.2. The molecule has 0 unspecified atom stereocenters. The molecule has 8 nitrogen and oxygen atoms in total. The second-order valence-electron chi connectivity index (χ2n) is 6.74. The van der Waals surface area contributed by atoms with Crippen LogP contribution in [0.4, 0.5) is 14.9 Å². The van der Waals surface area contributed by atoms with Crippen molar-refractivity contribution in [1.82, 2.24) is 20.0 Å². The molecule has 28 heavy (non-hydrogen) atoms. The van der Waals surface area contributed by atoms with Gasteiger partial charge in [-0.25, -0.2) is 9.18 Å². The van der Waals surface area contributed by atoms with Crippen molar-refractivity contribution in [2.75, 3.05) is 37.6 Å². The first-order chi connectivity index (χ1) is 13.6. The number of urea groups is 1. The number of hydrogen-bond donors (Lipinski definition) is 0. The molecule has 0 N–H and O–H groups in total. The van der Waals surface area contributed by atoms with E-state index < -0.39 is 5.82 Å². The van der Waals surface area contributed by atoms with Crippen molar-refractivity contribution in [3.8, 4) is 5.88 Å². The fraction of sp³-hybridized carbons (Fsp3) is 0.368. The van der Waals surface area contributed by atoms with Gasteiger partial charge >= 0.3 is 6.03 Å².